The number of fused-ring (bicyclic) bond motifs is 1. The number of rotatable bonds is 6. The summed E-state index contributed by atoms with van der Waals surface area (Å²) in [5.41, 5.74) is 0. The molecule has 2 aliphatic rings. The molecule has 16 heavy (non-hydrogen) atoms. The molecule has 2 rings (SSSR count). The van der Waals surface area contributed by atoms with Crippen molar-refractivity contribution in [2.24, 2.45) is 5.92 Å². The van der Waals surface area contributed by atoms with Crippen molar-refractivity contribution in [3.05, 3.63) is 0 Å². The molecule has 1 heterocycles. The van der Waals surface area contributed by atoms with E-state index in [-0.39, 0.29) is 0 Å². The van der Waals surface area contributed by atoms with Crippen molar-refractivity contribution in [1.29, 1.82) is 0 Å². The van der Waals surface area contributed by atoms with Crippen LogP contribution in [-0.2, 0) is 18.0 Å². The molecule has 0 aromatic rings. The van der Waals surface area contributed by atoms with Crippen LogP contribution in [0.3, 0.4) is 0 Å². The van der Waals surface area contributed by atoms with Crippen LogP contribution in [0.5, 0.6) is 0 Å². The first kappa shape index (κ1) is 12.5. The maximum Gasteiger partial charge on any atom is 0.500 e. The first-order valence-electron chi connectivity index (χ1n) is 6.04. The van der Waals surface area contributed by atoms with Gasteiger partial charge in [0.2, 0.25) is 0 Å². The van der Waals surface area contributed by atoms with E-state index in [9.17, 15) is 0 Å². The first-order valence-corrected chi connectivity index (χ1v) is 7.97. The van der Waals surface area contributed by atoms with Gasteiger partial charge in [-0.1, -0.05) is 0 Å². The average molecular weight is 246 g/mol. The molecule has 1 aliphatic heterocycles. The average Bonchev–Trinajstić information content (AvgIpc) is 3.10. The van der Waals surface area contributed by atoms with E-state index in [1.807, 2.05) is 0 Å². The van der Waals surface area contributed by atoms with Crippen LogP contribution in [0.2, 0.25) is 6.04 Å². The second-order valence-electron chi connectivity index (χ2n) is 4.73. The minimum absolute atomic E-state index is 0.558. The molecule has 1 saturated heterocycles. The van der Waals surface area contributed by atoms with Gasteiger partial charge in [-0.25, -0.2) is 0 Å². The van der Waals surface area contributed by atoms with E-state index in [4.69, 9.17) is 18.0 Å². The zero-order valence-corrected chi connectivity index (χ0v) is 11.4. The quantitative estimate of drug-likeness (QED) is 0.529. The van der Waals surface area contributed by atoms with E-state index >= 15 is 0 Å². The Morgan fingerprint density at radius 3 is 2.31 bits per heavy atom. The van der Waals surface area contributed by atoms with Gasteiger partial charge in [0.15, 0.2) is 0 Å². The highest BCUT2D eigenvalue weighted by Gasteiger charge is 2.45. The summed E-state index contributed by atoms with van der Waals surface area (Å²) in [6.07, 6.45) is 6.01. The van der Waals surface area contributed by atoms with Crippen LogP contribution in [-0.4, -0.2) is 42.3 Å². The summed E-state index contributed by atoms with van der Waals surface area (Å²) < 4.78 is 21.8. The molecule has 0 spiro atoms. The number of hydrogen-bond acceptors (Lipinski definition) is 4. The third-order valence-corrected chi connectivity index (χ3v) is 6.67. The Labute approximate surface area is 98.6 Å². The van der Waals surface area contributed by atoms with Crippen molar-refractivity contribution in [2.45, 2.75) is 43.9 Å². The van der Waals surface area contributed by atoms with E-state index in [2.05, 4.69) is 0 Å². The Hall–Kier alpha value is 0.0569. The summed E-state index contributed by atoms with van der Waals surface area (Å²) in [5, 5.41) is 0. The summed E-state index contributed by atoms with van der Waals surface area (Å²) in [7, 11) is 2.69. The minimum atomic E-state index is -2.35. The molecule has 0 unspecified atom stereocenters. The van der Waals surface area contributed by atoms with Crippen LogP contribution >= 0.6 is 0 Å². The highest BCUT2D eigenvalue weighted by molar-refractivity contribution is 6.60. The van der Waals surface area contributed by atoms with Crippen molar-refractivity contribution in [3.8, 4) is 0 Å². The Morgan fingerprint density at radius 1 is 1.06 bits per heavy atom. The lowest BCUT2D eigenvalue weighted by Crippen LogP contribution is -2.43. The van der Waals surface area contributed by atoms with Gasteiger partial charge in [-0.15, -0.1) is 0 Å². The van der Waals surface area contributed by atoms with Crippen LogP contribution in [0.1, 0.15) is 25.7 Å². The smallest absolute Gasteiger partial charge is 0.377 e. The molecule has 1 aliphatic carbocycles. The summed E-state index contributed by atoms with van der Waals surface area (Å²) in [6, 6.07) is 0.915. The van der Waals surface area contributed by atoms with Crippen molar-refractivity contribution in [1.82, 2.24) is 0 Å². The van der Waals surface area contributed by atoms with Crippen molar-refractivity contribution in [2.75, 3.05) is 21.3 Å². The van der Waals surface area contributed by atoms with Crippen LogP contribution in [0, 0.1) is 5.92 Å². The van der Waals surface area contributed by atoms with Gasteiger partial charge in [-0.05, 0) is 31.6 Å². The van der Waals surface area contributed by atoms with E-state index in [0.717, 1.165) is 18.4 Å². The lowest BCUT2D eigenvalue weighted by molar-refractivity contribution is 0.120. The second kappa shape index (κ2) is 5.14. The predicted octanol–water partition coefficient (Wildman–Crippen LogP) is 1.82. The van der Waals surface area contributed by atoms with Crippen molar-refractivity contribution < 1.29 is 18.0 Å². The normalized spacial score (nSPS) is 33.6. The topological polar surface area (TPSA) is 40.2 Å². The fraction of sp³-hybridized carbons (Fsp3) is 1.00. The fourth-order valence-electron chi connectivity index (χ4n) is 2.69. The Balaban J connectivity index is 1.76. The highest BCUT2D eigenvalue weighted by Crippen LogP contribution is 2.41. The summed E-state index contributed by atoms with van der Waals surface area (Å²) in [5.74, 6) is 0.760. The lowest BCUT2D eigenvalue weighted by Gasteiger charge is -2.27. The molecule has 0 N–H and O–H groups in total. The van der Waals surface area contributed by atoms with Crippen LogP contribution in [0.25, 0.3) is 0 Å². The zero-order valence-electron chi connectivity index (χ0n) is 10.4. The maximum atomic E-state index is 5.54. The Kier molecular flexibility index (Phi) is 4.02. The molecule has 0 amide bonds. The molecule has 0 radical (unpaired) electrons. The Morgan fingerprint density at radius 2 is 1.75 bits per heavy atom. The second-order valence-corrected chi connectivity index (χ2v) is 7.82. The van der Waals surface area contributed by atoms with Crippen LogP contribution < -0.4 is 0 Å². The molecule has 3 atom stereocenters. The van der Waals surface area contributed by atoms with Crippen molar-refractivity contribution in [3.63, 3.8) is 0 Å². The van der Waals surface area contributed by atoms with E-state index in [1.54, 1.807) is 21.3 Å². The largest absolute Gasteiger partial charge is 0.500 e. The van der Waals surface area contributed by atoms with Gasteiger partial charge in [-0.2, -0.15) is 0 Å². The van der Waals surface area contributed by atoms with Crippen molar-refractivity contribution >= 4 is 8.80 Å². The third kappa shape index (κ3) is 2.65. The standard InChI is InChI=1S/C11H22O4Si/c1-12-16(13-2,14-3)7-6-9-4-5-10-11(8-9)15-10/h9-11H,4-8H2,1-3H3/t9-,10-,11+/m0/s1. The molecule has 1 saturated carbocycles. The molecule has 0 bridgehead atoms. The van der Waals surface area contributed by atoms with E-state index in [0.29, 0.717) is 12.2 Å². The van der Waals surface area contributed by atoms with Gasteiger partial charge >= 0.3 is 8.80 Å². The van der Waals surface area contributed by atoms with E-state index < -0.39 is 8.80 Å². The third-order valence-electron chi connectivity index (χ3n) is 3.90. The molecule has 94 valence electrons. The summed E-state index contributed by atoms with van der Waals surface area (Å²) >= 11 is 0. The fourth-order valence-corrected chi connectivity index (χ4v) is 4.56. The monoisotopic (exact) mass is 246 g/mol. The molecular formula is C11H22O4Si. The molecular weight excluding hydrogens is 224 g/mol. The summed E-state index contributed by atoms with van der Waals surface area (Å²) in [4.78, 5) is 0. The SMILES string of the molecule is CO[Si](CC[C@@H]1CC[C@@H]2O[C@@H]2C1)(OC)OC. The number of ether oxygens (including phenoxy) is 1. The summed E-state index contributed by atoms with van der Waals surface area (Å²) in [6.45, 7) is 0. The zero-order chi connectivity index (χ0) is 11.6. The predicted molar refractivity (Wildman–Crippen MR) is 62.2 cm³/mol. The van der Waals surface area contributed by atoms with Gasteiger partial charge < -0.3 is 18.0 Å². The lowest BCUT2D eigenvalue weighted by atomic mass is 9.88. The first-order chi connectivity index (χ1) is 7.73. The van der Waals surface area contributed by atoms with Gasteiger partial charge in [0.05, 0.1) is 12.2 Å². The van der Waals surface area contributed by atoms with E-state index in [1.165, 1.54) is 19.3 Å². The highest BCUT2D eigenvalue weighted by atomic mass is 28.4. The molecule has 0 aromatic carbocycles. The molecule has 4 nitrogen and oxygen atoms in total. The van der Waals surface area contributed by atoms with Gasteiger partial charge in [0.1, 0.15) is 0 Å². The maximum absolute atomic E-state index is 5.54. The molecule has 0 aromatic heterocycles. The van der Waals surface area contributed by atoms with Crippen LogP contribution in [0.15, 0.2) is 0 Å². The molecule has 5 heteroatoms. The number of epoxide rings is 1. The van der Waals surface area contributed by atoms with Crippen LogP contribution in [0.4, 0.5) is 0 Å². The minimum Gasteiger partial charge on any atom is -0.377 e. The van der Waals surface area contributed by atoms with Gasteiger partial charge in [0.25, 0.3) is 0 Å². The number of hydrogen-bond donors (Lipinski definition) is 0. The molecule has 2 fully saturated rings. The Bertz CT molecular complexity index is 224. The van der Waals surface area contributed by atoms with Gasteiger partial charge in [0, 0.05) is 27.4 Å². The van der Waals surface area contributed by atoms with Gasteiger partial charge in [-0.3, -0.25) is 0 Å².